The first-order valence-electron chi connectivity index (χ1n) is 7.11. The van der Waals surface area contributed by atoms with E-state index in [1.807, 2.05) is 12.1 Å². The van der Waals surface area contributed by atoms with E-state index in [1.165, 1.54) is 12.1 Å². The van der Waals surface area contributed by atoms with Crippen molar-refractivity contribution in [3.63, 3.8) is 0 Å². The lowest BCUT2D eigenvalue weighted by atomic mass is 10.0. The summed E-state index contributed by atoms with van der Waals surface area (Å²) < 4.78 is 24.8. The summed E-state index contributed by atoms with van der Waals surface area (Å²) in [6, 6.07) is 8.27. The zero-order valence-corrected chi connectivity index (χ0v) is 12.0. The number of nitrogens with zero attached hydrogens (tertiary/aromatic N) is 1. The highest BCUT2D eigenvalue weighted by molar-refractivity contribution is 5.40. The van der Waals surface area contributed by atoms with Crippen molar-refractivity contribution in [1.82, 2.24) is 10.2 Å². The molecule has 112 valence electrons. The summed E-state index contributed by atoms with van der Waals surface area (Å²) in [6.07, 6.45) is 1.65. The zero-order chi connectivity index (χ0) is 14.7. The first-order valence-corrected chi connectivity index (χ1v) is 7.11. The molecule has 2 aromatic rings. The minimum Gasteiger partial charge on any atom is -0.496 e. The van der Waals surface area contributed by atoms with Gasteiger partial charge >= 0.3 is 0 Å². The van der Waals surface area contributed by atoms with Crippen LogP contribution in [0.3, 0.4) is 0 Å². The lowest BCUT2D eigenvalue weighted by Crippen LogP contribution is -2.45. The minimum atomic E-state index is -0.266. The van der Waals surface area contributed by atoms with Gasteiger partial charge in [0.15, 0.2) is 0 Å². The van der Waals surface area contributed by atoms with E-state index in [-0.39, 0.29) is 11.9 Å². The number of ether oxygens (including phenoxy) is 1. The van der Waals surface area contributed by atoms with Crippen LogP contribution in [0.15, 0.2) is 41.0 Å². The van der Waals surface area contributed by atoms with Crippen molar-refractivity contribution in [3.05, 3.63) is 53.7 Å². The third-order valence-corrected chi connectivity index (χ3v) is 3.82. The summed E-state index contributed by atoms with van der Waals surface area (Å²) in [6.45, 7) is 3.58. The number of furan rings is 1. The molecule has 0 spiro atoms. The highest BCUT2D eigenvalue weighted by Gasteiger charge is 2.28. The Hall–Kier alpha value is -1.85. The monoisotopic (exact) mass is 290 g/mol. The van der Waals surface area contributed by atoms with E-state index >= 15 is 0 Å². The molecule has 5 heteroatoms. The number of hydrogen-bond acceptors (Lipinski definition) is 4. The van der Waals surface area contributed by atoms with Crippen molar-refractivity contribution in [2.75, 3.05) is 33.3 Å². The maximum atomic E-state index is 13.7. The summed E-state index contributed by atoms with van der Waals surface area (Å²) in [5, 5.41) is 3.33. The predicted octanol–water partition coefficient (Wildman–Crippen LogP) is 2.42. The second-order valence-electron chi connectivity index (χ2n) is 5.09. The Balaban J connectivity index is 2.04. The van der Waals surface area contributed by atoms with Crippen molar-refractivity contribution < 1.29 is 13.5 Å². The Morgan fingerprint density at radius 2 is 2.10 bits per heavy atom. The number of hydrogen-bond donors (Lipinski definition) is 1. The molecule has 1 aliphatic heterocycles. The lowest BCUT2D eigenvalue weighted by Gasteiger charge is -2.34. The van der Waals surface area contributed by atoms with Crippen LogP contribution in [0.5, 0.6) is 5.75 Å². The van der Waals surface area contributed by atoms with E-state index in [0.717, 1.165) is 37.5 Å². The Kier molecular flexibility index (Phi) is 4.22. The molecule has 1 N–H and O–H groups in total. The Labute approximate surface area is 123 Å². The molecule has 0 amide bonds. The van der Waals surface area contributed by atoms with Gasteiger partial charge in [0.2, 0.25) is 0 Å². The van der Waals surface area contributed by atoms with Crippen LogP contribution in [-0.4, -0.2) is 38.2 Å². The van der Waals surface area contributed by atoms with Gasteiger partial charge in [0.25, 0.3) is 0 Å². The summed E-state index contributed by atoms with van der Waals surface area (Å²) >= 11 is 0. The fraction of sp³-hybridized carbons (Fsp3) is 0.375. The van der Waals surface area contributed by atoms with Crippen molar-refractivity contribution in [2.45, 2.75) is 6.04 Å². The van der Waals surface area contributed by atoms with E-state index in [1.54, 1.807) is 19.4 Å². The van der Waals surface area contributed by atoms with E-state index in [0.29, 0.717) is 5.75 Å². The van der Waals surface area contributed by atoms with Gasteiger partial charge in [-0.05, 0) is 30.3 Å². The summed E-state index contributed by atoms with van der Waals surface area (Å²) in [7, 11) is 1.60. The quantitative estimate of drug-likeness (QED) is 0.938. The predicted molar refractivity (Wildman–Crippen MR) is 77.9 cm³/mol. The standard InChI is InChI=1S/C16H19FN2O2/c1-20-14-5-4-12(17)11-13(14)16(15-3-2-10-21-15)19-8-6-18-7-9-19/h2-5,10-11,16,18H,6-9H2,1H3/t16-/m0/s1. The molecule has 1 saturated heterocycles. The molecule has 0 unspecified atom stereocenters. The van der Waals surface area contributed by atoms with Gasteiger partial charge in [-0.25, -0.2) is 4.39 Å². The molecular formula is C16H19FN2O2. The van der Waals surface area contributed by atoms with Gasteiger partial charge in [-0.15, -0.1) is 0 Å². The summed E-state index contributed by atoms with van der Waals surface area (Å²) in [4.78, 5) is 2.28. The van der Waals surface area contributed by atoms with Crippen LogP contribution in [0.1, 0.15) is 17.4 Å². The van der Waals surface area contributed by atoms with Crippen LogP contribution in [0.25, 0.3) is 0 Å². The highest BCUT2D eigenvalue weighted by Crippen LogP contribution is 2.35. The van der Waals surface area contributed by atoms with E-state index in [2.05, 4.69) is 10.2 Å². The molecule has 4 nitrogen and oxygen atoms in total. The molecule has 21 heavy (non-hydrogen) atoms. The van der Waals surface area contributed by atoms with E-state index < -0.39 is 0 Å². The van der Waals surface area contributed by atoms with Crippen LogP contribution in [0.2, 0.25) is 0 Å². The molecule has 0 aliphatic carbocycles. The number of halogens is 1. The van der Waals surface area contributed by atoms with Gasteiger partial charge in [-0.1, -0.05) is 0 Å². The molecule has 1 fully saturated rings. The molecule has 1 atom stereocenters. The second kappa shape index (κ2) is 6.28. The fourth-order valence-corrected chi connectivity index (χ4v) is 2.84. The molecule has 1 aromatic carbocycles. The van der Waals surface area contributed by atoms with Crippen LogP contribution in [-0.2, 0) is 0 Å². The van der Waals surface area contributed by atoms with Crippen molar-refractivity contribution in [3.8, 4) is 5.75 Å². The highest BCUT2D eigenvalue weighted by atomic mass is 19.1. The van der Waals surface area contributed by atoms with Gasteiger partial charge in [0, 0.05) is 31.7 Å². The van der Waals surface area contributed by atoms with Crippen LogP contribution < -0.4 is 10.1 Å². The number of rotatable bonds is 4. The average Bonchev–Trinajstić information content (AvgIpc) is 3.03. The van der Waals surface area contributed by atoms with Gasteiger partial charge in [0.05, 0.1) is 19.4 Å². The van der Waals surface area contributed by atoms with Gasteiger partial charge in [-0.2, -0.15) is 0 Å². The van der Waals surface area contributed by atoms with Crippen LogP contribution in [0, 0.1) is 5.82 Å². The summed E-state index contributed by atoms with van der Waals surface area (Å²) in [5.74, 6) is 1.22. The normalized spacial score (nSPS) is 17.6. The van der Waals surface area contributed by atoms with Gasteiger partial charge in [-0.3, -0.25) is 4.90 Å². The second-order valence-corrected chi connectivity index (χ2v) is 5.09. The third-order valence-electron chi connectivity index (χ3n) is 3.82. The Morgan fingerprint density at radius 3 is 2.76 bits per heavy atom. The molecule has 2 heterocycles. The number of benzene rings is 1. The third kappa shape index (κ3) is 2.94. The SMILES string of the molecule is COc1ccc(F)cc1[C@@H](c1ccco1)N1CCNCC1. The topological polar surface area (TPSA) is 37.6 Å². The Bertz CT molecular complexity index is 580. The van der Waals surface area contributed by atoms with Gasteiger partial charge < -0.3 is 14.5 Å². The van der Waals surface area contributed by atoms with Crippen LogP contribution >= 0.6 is 0 Å². The zero-order valence-electron chi connectivity index (χ0n) is 12.0. The van der Waals surface area contributed by atoms with E-state index in [9.17, 15) is 4.39 Å². The van der Waals surface area contributed by atoms with Crippen LogP contribution in [0.4, 0.5) is 4.39 Å². The molecule has 0 bridgehead atoms. The number of nitrogens with one attached hydrogen (secondary N) is 1. The maximum absolute atomic E-state index is 13.7. The number of piperazine rings is 1. The fourth-order valence-electron chi connectivity index (χ4n) is 2.84. The largest absolute Gasteiger partial charge is 0.496 e. The smallest absolute Gasteiger partial charge is 0.125 e. The number of methoxy groups -OCH3 is 1. The molecular weight excluding hydrogens is 271 g/mol. The summed E-state index contributed by atoms with van der Waals surface area (Å²) in [5.41, 5.74) is 0.800. The first kappa shape index (κ1) is 14.1. The van der Waals surface area contributed by atoms with E-state index in [4.69, 9.17) is 9.15 Å². The molecule has 3 rings (SSSR count). The Morgan fingerprint density at radius 1 is 1.29 bits per heavy atom. The average molecular weight is 290 g/mol. The molecule has 1 aromatic heterocycles. The molecule has 0 saturated carbocycles. The molecule has 1 aliphatic rings. The lowest BCUT2D eigenvalue weighted by molar-refractivity contribution is 0.177. The van der Waals surface area contributed by atoms with Crippen molar-refractivity contribution >= 4 is 0 Å². The molecule has 0 radical (unpaired) electrons. The van der Waals surface area contributed by atoms with Gasteiger partial charge in [0.1, 0.15) is 17.3 Å². The van der Waals surface area contributed by atoms with Crippen molar-refractivity contribution in [1.29, 1.82) is 0 Å². The maximum Gasteiger partial charge on any atom is 0.125 e. The first-order chi connectivity index (χ1) is 10.3. The van der Waals surface area contributed by atoms with Crippen molar-refractivity contribution in [2.24, 2.45) is 0 Å². The minimum absolute atomic E-state index is 0.132.